The number of carbonyl (C=O) groups excluding carboxylic acids is 1. The van der Waals surface area contributed by atoms with Gasteiger partial charge in [-0.15, -0.1) is 11.3 Å². The lowest BCUT2D eigenvalue weighted by Crippen LogP contribution is -2.30. The highest BCUT2D eigenvalue weighted by Crippen LogP contribution is 2.25. The van der Waals surface area contributed by atoms with E-state index in [0.29, 0.717) is 6.54 Å². The monoisotopic (exact) mass is 343 g/mol. The molecule has 2 rings (SSSR count). The van der Waals surface area contributed by atoms with Crippen molar-refractivity contribution >= 4 is 33.0 Å². The molecule has 0 radical (unpaired) electrons. The van der Waals surface area contributed by atoms with Crippen LogP contribution in [0.5, 0.6) is 0 Å². The Morgan fingerprint density at radius 3 is 3.00 bits per heavy atom. The molecule has 1 unspecified atom stereocenters. The number of halogens is 1. The van der Waals surface area contributed by atoms with Gasteiger partial charge < -0.3 is 0 Å². The van der Waals surface area contributed by atoms with Gasteiger partial charge in [0.15, 0.2) is 5.78 Å². The number of likely N-dealkylation sites (tertiary alicyclic amines) is 1. The van der Waals surface area contributed by atoms with Crippen LogP contribution in [0, 0.1) is 5.92 Å². The number of Topliss-reactive ketones (excluding diaryl/α,β-unsaturated/α-hetero) is 1. The Kier molecular flexibility index (Phi) is 6.05. The van der Waals surface area contributed by atoms with E-state index in [1.54, 1.807) is 0 Å². The van der Waals surface area contributed by atoms with E-state index in [0.717, 1.165) is 28.4 Å². The van der Waals surface area contributed by atoms with E-state index in [9.17, 15) is 4.79 Å². The summed E-state index contributed by atoms with van der Waals surface area (Å²) in [6.07, 6.45) is 6.46. The number of ketones is 1. The molecule has 19 heavy (non-hydrogen) atoms. The fourth-order valence-electron chi connectivity index (χ4n) is 2.85. The third kappa shape index (κ3) is 4.40. The van der Waals surface area contributed by atoms with Gasteiger partial charge in [-0.05, 0) is 65.6 Å². The Bertz CT molecular complexity index is 418. The van der Waals surface area contributed by atoms with Crippen molar-refractivity contribution in [2.24, 2.45) is 5.92 Å². The number of hydrogen-bond acceptors (Lipinski definition) is 3. The molecule has 0 aliphatic carbocycles. The molecule has 1 aliphatic heterocycles. The average Bonchev–Trinajstić information content (AvgIpc) is 2.69. The van der Waals surface area contributed by atoms with E-state index in [1.165, 1.54) is 43.4 Å². The van der Waals surface area contributed by atoms with Crippen molar-refractivity contribution in [1.29, 1.82) is 0 Å². The molecule has 2 heterocycles. The number of nitrogens with zero attached hydrogens (tertiary/aromatic N) is 1. The molecule has 4 heteroatoms. The summed E-state index contributed by atoms with van der Waals surface area (Å²) in [5.74, 6) is 1.13. The average molecular weight is 344 g/mol. The molecule has 1 saturated heterocycles. The van der Waals surface area contributed by atoms with Crippen LogP contribution in [0.1, 0.15) is 48.7 Å². The van der Waals surface area contributed by atoms with Gasteiger partial charge in [0.25, 0.3) is 0 Å². The summed E-state index contributed by atoms with van der Waals surface area (Å²) < 4.78 is 0.946. The summed E-state index contributed by atoms with van der Waals surface area (Å²) >= 11 is 4.99. The van der Waals surface area contributed by atoms with Crippen LogP contribution in [0.4, 0.5) is 0 Å². The summed E-state index contributed by atoms with van der Waals surface area (Å²) in [7, 11) is 0. The van der Waals surface area contributed by atoms with Crippen molar-refractivity contribution in [3.8, 4) is 0 Å². The second kappa shape index (κ2) is 7.55. The van der Waals surface area contributed by atoms with Crippen molar-refractivity contribution in [2.75, 3.05) is 19.6 Å². The lowest BCUT2D eigenvalue weighted by atomic mass is 9.96. The second-order valence-electron chi connectivity index (χ2n) is 5.38. The van der Waals surface area contributed by atoms with E-state index in [4.69, 9.17) is 0 Å². The minimum Gasteiger partial charge on any atom is -0.296 e. The molecule has 1 aliphatic rings. The summed E-state index contributed by atoms with van der Waals surface area (Å²) in [5.41, 5.74) is 0. The first-order valence-electron chi connectivity index (χ1n) is 7.19. The van der Waals surface area contributed by atoms with E-state index in [1.807, 2.05) is 11.4 Å². The molecular weight excluding hydrogens is 322 g/mol. The number of thiophene rings is 1. The summed E-state index contributed by atoms with van der Waals surface area (Å²) in [6.45, 7) is 5.01. The van der Waals surface area contributed by atoms with E-state index in [-0.39, 0.29) is 5.78 Å². The highest BCUT2D eigenvalue weighted by Gasteiger charge is 2.20. The largest absolute Gasteiger partial charge is 0.296 e. The van der Waals surface area contributed by atoms with Crippen molar-refractivity contribution < 1.29 is 4.79 Å². The highest BCUT2D eigenvalue weighted by atomic mass is 79.9. The summed E-state index contributed by atoms with van der Waals surface area (Å²) in [6, 6.07) is 1.96. The number of rotatable bonds is 5. The van der Waals surface area contributed by atoms with Crippen LogP contribution in [0.2, 0.25) is 0 Å². The Balaban J connectivity index is 1.86. The van der Waals surface area contributed by atoms with Gasteiger partial charge in [0.2, 0.25) is 0 Å². The predicted octanol–water partition coefficient (Wildman–Crippen LogP) is 4.60. The standard InChI is InChI=1S/C15H22BrNOS/c1-2-4-12-5-3-8-17(9-6-12)11-14(18)15-13(16)7-10-19-15/h7,10,12H,2-6,8-9,11H2,1H3. The summed E-state index contributed by atoms with van der Waals surface area (Å²) in [5, 5.41) is 1.97. The van der Waals surface area contributed by atoms with Crippen LogP contribution in [-0.4, -0.2) is 30.3 Å². The van der Waals surface area contributed by atoms with Crippen LogP contribution in [0.3, 0.4) is 0 Å². The molecule has 1 atom stereocenters. The first kappa shape index (κ1) is 15.2. The minimum atomic E-state index is 0.260. The molecule has 0 aromatic carbocycles. The fourth-order valence-corrected chi connectivity index (χ4v) is 4.37. The van der Waals surface area contributed by atoms with Crippen LogP contribution < -0.4 is 0 Å². The fraction of sp³-hybridized carbons (Fsp3) is 0.667. The van der Waals surface area contributed by atoms with Crippen molar-refractivity contribution in [3.05, 3.63) is 20.8 Å². The third-order valence-corrected chi connectivity index (χ3v) is 5.75. The zero-order valence-electron chi connectivity index (χ0n) is 11.5. The highest BCUT2D eigenvalue weighted by molar-refractivity contribution is 9.10. The molecule has 1 aromatic heterocycles. The van der Waals surface area contributed by atoms with Gasteiger partial charge in [0.1, 0.15) is 0 Å². The zero-order valence-corrected chi connectivity index (χ0v) is 13.9. The maximum Gasteiger partial charge on any atom is 0.187 e. The van der Waals surface area contributed by atoms with Crippen molar-refractivity contribution in [2.45, 2.75) is 39.0 Å². The molecule has 0 N–H and O–H groups in total. The topological polar surface area (TPSA) is 20.3 Å². The first-order valence-corrected chi connectivity index (χ1v) is 8.86. The van der Waals surface area contributed by atoms with Crippen molar-refractivity contribution in [3.63, 3.8) is 0 Å². The van der Waals surface area contributed by atoms with E-state index in [2.05, 4.69) is 27.8 Å². The first-order chi connectivity index (χ1) is 9.20. The normalized spacial score (nSPS) is 21.3. The zero-order chi connectivity index (χ0) is 13.7. The summed E-state index contributed by atoms with van der Waals surface area (Å²) in [4.78, 5) is 15.5. The van der Waals surface area contributed by atoms with Gasteiger partial charge in [0.05, 0.1) is 11.4 Å². The lowest BCUT2D eigenvalue weighted by Gasteiger charge is -2.19. The predicted molar refractivity (Wildman–Crippen MR) is 85.0 cm³/mol. The van der Waals surface area contributed by atoms with Gasteiger partial charge in [0, 0.05) is 4.47 Å². The number of hydrogen-bond donors (Lipinski definition) is 0. The van der Waals surface area contributed by atoms with Gasteiger partial charge in [-0.1, -0.05) is 19.8 Å². The van der Waals surface area contributed by atoms with Gasteiger partial charge >= 0.3 is 0 Å². The van der Waals surface area contributed by atoms with Crippen LogP contribution in [0.25, 0.3) is 0 Å². The lowest BCUT2D eigenvalue weighted by molar-refractivity contribution is 0.0935. The van der Waals surface area contributed by atoms with E-state index >= 15 is 0 Å². The molecule has 1 fully saturated rings. The Morgan fingerprint density at radius 2 is 2.32 bits per heavy atom. The maximum absolute atomic E-state index is 12.3. The quantitative estimate of drug-likeness (QED) is 0.728. The molecule has 1 aromatic rings. The molecule has 106 valence electrons. The van der Waals surface area contributed by atoms with Gasteiger partial charge in [-0.25, -0.2) is 0 Å². The van der Waals surface area contributed by atoms with Crippen LogP contribution >= 0.6 is 27.3 Å². The molecule has 0 spiro atoms. The molecule has 2 nitrogen and oxygen atoms in total. The Morgan fingerprint density at radius 1 is 1.47 bits per heavy atom. The SMILES string of the molecule is CCCC1CCCN(CC(=O)c2sccc2Br)CC1. The molecular formula is C15H22BrNOS. The van der Waals surface area contributed by atoms with E-state index < -0.39 is 0 Å². The maximum atomic E-state index is 12.3. The third-order valence-electron chi connectivity index (χ3n) is 3.87. The molecule has 0 saturated carbocycles. The van der Waals surface area contributed by atoms with Crippen molar-refractivity contribution in [1.82, 2.24) is 4.90 Å². The Hall–Kier alpha value is -0.190. The van der Waals surface area contributed by atoms with Crippen LogP contribution in [0.15, 0.2) is 15.9 Å². The Labute approximate surface area is 128 Å². The second-order valence-corrected chi connectivity index (χ2v) is 7.15. The minimum absolute atomic E-state index is 0.260. The number of carbonyl (C=O) groups is 1. The molecule has 0 bridgehead atoms. The molecule has 0 amide bonds. The van der Waals surface area contributed by atoms with Gasteiger partial charge in [-0.3, -0.25) is 9.69 Å². The van der Waals surface area contributed by atoms with Crippen LogP contribution in [-0.2, 0) is 0 Å². The smallest absolute Gasteiger partial charge is 0.187 e. The van der Waals surface area contributed by atoms with Gasteiger partial charge in [-0.2, -0.15) is 0 Å².